The van der Waals surface area contributed by atoms with E-state index in [4.69, 9.17) is 15.0 Å². The van der Waals surface area contributed by atoms with Gasteiger partial charge < -0.3 is 9.30 Å². The molecule has 0 radical (unpaired) electrons. The zero-order chi connectivity index (χ0) is 23.1. The number of hydrogen-bond donors (Lipinski definition) is 0. The van der Waals surface area contributed by atoms with Crippen LogP contribution in [0.5, 0.6) is 0 Å². The number of imidazole rings is 1. The summed E-state index contributed by atoms with van der Waals surface area (Å²) in [5, 5.41) is 0. The van der Waals surface area contributed by atoms with Crippen molar-refractivity contribution in [1.82, 2.24) is 24.3 Å². The SMILES string of the molecule is Cc1cc(C)nc(Cc2nc(Cc3ccn4ccnc4c3)cc(N3CCC4(CCCC4)C3)n2)c1. The van der Waals surface area contributed by atoms with Crippen molar-refractivity contribution in [3.8, 4) is 0 Å². The van der Waals surface area contributed by atoms with Crippen LogP contribution in [0.4, 0.5) is 5.82 Å². The highest BCUT2D eigenvalue weighted by molar-refractivity contribution is 5.46. The standard InChI is InChI=1S/C28H32N6/c1-20-13-21(2)30-23(14-20)17-25-31-24(15-22-5-10-33-12-9-29-26(33)16-22)18-27(32-25)34-11-8-28(19-34)6-3-4-7-28/h5,9-10,12-14,16,18H,3-4,6-8,11,15,17,19H2,1-2H3. The number of hydrogen-bond acceptors (Lipinski definition) is 5. The van der Waals surface area contributed by atoms with Crippen LogP contribution in [-0.2, 0) is 12.8 Å². The van der Waals surface area contributed by atoms with Crippen LogP contribution in [-0.4, -0.2) is 37.4 Å². The minimum Gasteiger partial charge on any atom is -0.356 e. The van der Waals surface area contributed by atoms with E-state index in [9.17, 15) is 0 Å². The summed E-state index contributed by atoms with van der Waals surface area (Å²) in [6.45, 7) is 6.40. The van der Waals surface area contributed by atoms with E-state index < -0.39 is 0 Å². The lowest BCUT2D eigenvalue weighted by atomic mass is 9.86. The highest BCUT2D eigenvalue weighted by atomic mass is 15.2. The van der Waals surface area contributed by atoms with Crippen molar-refractivity contribution in [3.63, 3.8) is 0 Å². The molecule has 0 bridgehead atoms. The quantitative estimate of drug-likeness (QED) is 0.422. The Hall–Kier alpha value is -3.28. The average Bonchev–Trinajstić information content (AvgIpc) is 3.55. The lowest BCUT2D eigenvalue weighted by molar-refractivity contribution is 0.340. The Bertz CT molecular complexity index is 1310. The summed E-state index contributed by atoms with van der Waals surface area (Å²) in [6, 6.07) is 10.8. The molecule has 0 atom stereocenters. The first-order valence-electron chi connectivity index (χ1n) is 12.5. The van der Waals surface area contributed by atoms with E-state index in [1.54, 1.807) is 0 Å². The van der Waals surface area contributed by atoms with E-state index in [1.165, 1.54) is 43.2 Å². The van der Waals surface area contributed by atoms with Gasteiger partial charge in [0.25, 0.3) is 0 Å². The average molecular weight is 453 g/mol. The van der Waals surface area contributed by atoms with Gasteiger partial charge in [0.05, 0.1) is 12.1 Å². The summed E-state index contributed by atoms with van der Waals surface area (Å²) in [4.78, 5) is 21.8. The Morgan fingerprint density at radius 1 is 0.882 bits per heavy atom. The molecule has 1 saturated heterocycles. The smallest absolute Gasteiger partial charge is 0.136 e. The number of anilines is 1. The molecular weight excluding hydrogens is 420 g/mol. The van der Waals surface area contributed by atoms with Gasteiger partial charge in [-0.3, -0.25) is 4.98 Å². The van der Waals surface area contributed by atoms with E-state index in [1.807, 2.05) is 16.8 Å². The predicted molar refractivity (Wildman–Crippen MR) is 134 cm³/mol. The molecule has 6 heteroatoms. The fourth-order valence-electron chi connectivity index (χ4n) is 5.98. The maximum atomic E-state index is 5.07. The van der Waals surface area contributed by atoms with Crippen molar-refractivity contribution in [2.75, 3.05) is 18.0 Å². The van der Waals surface area contributed by atoms with Gasteiger partial charge in [0.1, 0.15) is 17.3 Å². The van der Waals surface area contributed by atoms with Crippen molar-refractivity contribution in [3.05, 3.63) is 83.0 Å². The van der Waals surface area contributed by atoms with Gasteiger partial charge in [0.2, 0.25) is 0 Å². The number of aryl methyl sites for hydroxylation is 2. The zero-order valence-electron chi connectivity index (χ0n) is 20.2. The molecule has 1 aliphatic heterocycles. The van der Waals surface area contributed by atoms with E-state index in [0.29, 0.717) is 11.8 Å². The fourth-order valence-corrected chi connectivity index (χ4v) is 5.98. The molecule has 4 aromatic heterocycles. The predicted octanol–water partition coefficient (Wildman–Crippen LogP) is 5.09. The topological polar surface area (TPSA) is 59.2 Å². The van der Waals surface area contributed by atoms with Crippen LogP contribution in [0.25, 0.3) is 5.65 Å². The number of pyridine rings is 2. The second-order valence-electron chi connectivity index (χ2n) is 10.4. The van der Waals surface area contributed by atoms with Gasteiger partial charge in [-0.05, 0) is 73.9 Å². The molecule has 5 heterocycles. The highest BCUT2D eigenvalue weighted by Gasteiger charge is 2.40. The number of nitrogens with zero attached hydrogens (tertiary/aromatic N) is 6. The Morgan fingerprint density at radius 3 is 2.59 bits per heavy atom. The minimum absolute atomic E-state index is 0.506. The van der Waals surface area contributed by atoms with Gasteiger partial charge in [0, 0.05) is 55.6 Å². The van der Waals surface area contributed by atoms with Crippen LogP contribution >= 0.6 is 0 Å². The second-order valence-corrected chi connectivity index (χ2v) is 10.4. The molecule has 1 aliphatic carbocycles. The normalized spacial score (nSPS) is 17.3. The van der Waals surface area contributed by atoms with E-state index in [2.05, 4.69) is 60.3 Å². The van der Waals surface area contributed by atoms with Crippen LogP contribution < -0.4 is 4.90 Å². The first kappa shape index (κ1) is 21.3. The Kier molecular flexibility index (Phi) is 5.31. The molecular formula is C28H32N6. The van der Waals surface area contributed by atoms with E-state index in [0.717, 1.165) is 53.9 Å². The number of aromatic nitrogens is 5. The summed E-state index contributed by atoms with van der Waals surface area (Å²) in [7, 11) is 0. The van der Waals surface area contributed by atoms with Crippen LogP contribution in [0.2, 0.25) is 0 Å². The largest absolute Gasteiger partial charge is 0.356 e. The van der Waals surface area contributed by atoms with Crippen LogP contribution in [0.15, 0.2) is 48.9 Å². The molecule has 0 unspecified atom stereocenters. The minimum atomic E-state index is 0.506. The van der Waals surface area contributed by atoms with Crippen molar-refractivity contribution < 1.29 is 0 Å². The summed E-state index contributed by atoms with van der Waals surface area (Å²) < 4.78 is 2.04. The molecule has 1 saturated carbocycles. The van der Waals surface area contributed by atoms with Gasteiger partial charge >= 0.3 is 0 Å². The number of rotatable bonds is 5. The van der Waals surface area contributed by atoms with Crippen molar-refractivity contribution in [1.29, 1.82) is 0 Å². The number of fused-ring (bicyclic) bond motifs is 1. The van der Waals surface area contributed by atoms with E-state index in [-0.39, 0.29) is 0 Å². The van der Waals surface area contributed by atoms with Gasteiger partial charge in [-0.15, -0.1) is 0 Å². The molecule has 34 heavy (non-hydrogen) atoms. The molecule has 0 aromatic carbocycles. The summed E-state index contributed by atoms with van der Waals surface area (Å²) in [5.41, 5.74) is 7.06. The van der Waals surface area contributed by atoms with Crippen LogP contribution in [0, 0.1) is 19.3 Å². The van der Waals surface area contributed by atoms with Crippen LogP contribution in [0.3, 0.4) is 0 Å². The third kappa shape index (κ3) is 4.29. The summed E-state index contributed by atoms with van der Waals surface area (Å²) >= 11 is 0. The zero-order valence-corrected chi connectivity index (χ0v) is 20.2. The van der Waals surface area contributed by atoms with Gasteiger partial charge in [0.15, 0.2) is 0 Å². The maximum Gasteiger partial charge on any atom is 0.136 e. The molecule has 6 nitrogen and oxygen atoms in total. The molecule has 0 amide bonds. The third-order valence-corrected chi connectivity index (χ3v) is 7.58. The molecule has 4 aromatic rings. The maximum absolute atomic E-state index is 5.07. The summed E-state index contributed by atoms with van der Waals surface area (Å²) in [5.74, 6) is 1.94. The lowest BCUT2D eigenvalue weighted by Crippen LogP contribution is -2.26. The molecule has 174 valence electrons. The van der Waals surface area contributed by atoms with Crippen molar-refractivity contribution in [2.24, 2.45) is 5.41 Å². The van der Waals surface area contributed by atoms with Crippen LogP contribution in [0.1, 0.15) is 66.1 Å². The fraction of sp³-hybridized carbons (Fsp3) is 0.429. The van der Waals surface area contributed by atoms with Gasteiger partial charge in [-0.25, -0.2) is 15.0 Å². The second kappa shape index (κ2) is 8.49. The first-order chi connectivity index (χ1) is 16.5. The monoisotopic (exact) mass is 452 g/mol. The molecule has 0 N–H and O–H groups in total. The van der Waals surface area contributed by atoms with Crippen molar-refractivity contribution >= 4 is 11.5 Å². The lowest BCUT2D eigenvalue weighted by Gasteiger charge is -2.24. The third-order valence-electron chi connectivity index (χ3n) is 7.58. The van der Waals surface area contributed by atoms with Gasteiger partial charge in [-0.1, -0.05) is 12.8 Å². The Morgan fingerprint density at radius 2 is 1.74 bits per heavy atom. The first-order valence-corrected chi connectivity index (χ1v) is 12.5. The molecule has 6 rings (SSSR count). The summed E-state index contributed by atoms with van der Waals surface area (Å²) in [6.07, 6.45) is 14.1. The molecule has 2 aliphatic rings. The van der Waals surface area contributed by atoms with Crippen molar-refractivity contribution in [2.45, 2.75) is 58.8 Å². The molecule has 2 fully saturated rings. The molecule has 1 spiro atoms. The Balaban J connectivity index is 1.33. The van der Waals surface area contributed by atoms with Gasteiger partial charge in [-0.2, -0.15) is 0 Å². The van der Waals surface area contributed by atoms with E-state index >= 15 is 0 Å². The Labute approximate surface area is 201 Å². The highest BCUT2D eigenvalue weighted by Crippen LogP contribution is 2.46.